The van der Waals surface area contributed by atoms with Gasteiger partial charge in [0, 0.05) is 12.1 Å². The van der Waals surface area contributed by atoms with Crippen molar-refractivity contribution in [1.29, 1.82) is 5.26 Å². The molecular weight excluding hydrogens is 326 g/mol. The van der Waals surface area contributed by atoms with Gasteiger partial charge in [-0.3, -0.25) is 14.9 Å². The third-order valence-electron chi connectivity index (χ3n) is 3.32. The molecule has 2 rings (SSSR count). The second-order valence-electron chi connectivity index (χ2n) is 5.03. The van der Waals surface area contributed by atoms with E-state index in [9.17, 15) is 14.9 Å². The van der Waals surface area contributed by atoms with Crippen LogP contribution >= 0.6 is 0 Å². The Hall–Kier alpha value is -3.60. The monoisotopic (exact) mass is 341 g/mol. The second kappa shape index (κ2) is 7.79. The van der Waals surface area contributed by atoms with E-state index in [2.05, 4.69) is 5.32 Å². The van der Waals surface area contributed by atoms with Gasteiger partial charge in [0.15, 0.2) is 6.10 Å². The SMILES string of the molecule is COc1ccc([N+](=O)[O-])cc1NC(=O)C(C)Oc1ccc(C#N)cc1. The number of amides is 1. The summed E-state index contributed by atoms with van der Waals surface area (Å²) in [5, 5.41) is 22.2. The molecule has 25 heavy (non-hydrogen) atoms. The molecule has 0 aromatic heterocycles. The number of non-ortho nitro benzene ring substituents is 1. The largest absolute Gasteiger partial charge is 0.495 e. The van der Waals surface area contributed by atoms with Crippen LogP contribution in [0.1, 0.15) is 12.5 Å². The van der Waals surface area contributed by atoms with Gasteiger partial charge in [0.1, 0.15) is 11.5 Å². The van der Waals surface area contributed by atoms with Crippen LogP contribution in [0.5, 0.6) is 11.5 Å². The van der Waals surface area contributed by atoms with Crippen molar-refractivity contribution in [3.63, 3.8) is 0 Å². The minimum Gasteiger partial charge on any atom is -0.495 e. The molecule has 128 valence electrons. The number of anilines is 1. The molecule has 0 saturated carbocycles. The van der Waals surface area contributed by atoms with Crippen molar-refractivity contribution >= 4 is 17.3 Å². The van der Waals surface area contributed by atoms with Gasteiger partial charge in [-0.25, -0.2) is 0 Å². The van der Waals surface area contributed by atoms with Crippen molar-refractivity contribution in [2.24, 2.45) is 0 Å². The van der Waals surface area contributed by atoms with E-state index in [1.54, 1.807) is 24.3 Å². The zero-order valence-corrected chi connectivity index (χ0v) is 13.6. The Balaban J connectivity index is 2.11. The molecule has 0 aliphatic rings. The highest BCUT2D eigenvalue weighted by molar-refractivity contribution is 5.95. The van der Waals surface area contributed by atoms with Crippen LogP contribution in [-0.4, -0.2) is 24.0 Å². The topological polar surface area (TPSA) is 114 Å². The summed E-state index contributed by atoms with van der Waals surface area (Å²) in [4.78, 5) is 22.6. The van der Waals surface area contributed by atoms with Crippen LogP contribution in [0.3, 0.4) is 0 Å². The number of carbonyl (C=O) groups excluding carboxylic acids is 1. The van der Waals surface area contributed by atoms with Crippen LogP contribution in [0.2, 0.25) is 0 Å². The van der Waals surface area contributed by atoms with Gasteiger partial charge in [-0.05, 0) is 37.3 Å². The van der Waals surface area contributed by atoms with Crippen LogP contribution in [-0.2, 0) is 4.79 Å². The van der Waals surface area contributed by atoms with Gasteiger partial charge < -0.3 is 14.8 Å². The molecule has 1 N–H and O–H groups in total. The first kappa shape index (κ1) is 17.7. The molecule has 0 aliphatic heterocycles. The minimum atomic E-state index is -0.864. The average molecular weight is 341 g/mol. The highest BCUT2D eigenvalue weighted by Crippen LogP contribution is 2.29. The van der Waals surface area contributed by atoms with Gasteiger partial charge in [0.2, 0.25) is 0 Å². The number of hydrogen-bond donors (Lipinski definition) is 1. The Kier molecular flexibility index (Phi) is 5.53. The summed E-state index contributed by atoms with van der Waals surface area (Å²) in [6.07, 6.45) is -0.864. The molecule has 0 fully saturated rings. The van der Waals surface area contributed by atoms with E-state index in [0.29, 0.717) is 17.1 Å². The van der Waals surface area contributed by atoms with Crippen molar-refractivity contribution in [2.45, 2.75) is 13.0 Å². The van der Waals surface area contributed by atoms with Gasteiger partial charge >= 0.3 is 0 Å². The lowest BCUT2D eigenvalue weighted by molar-refractivity contribution is -0.384. The molecule has 1 atom stereocenters. The van der Waals surface area contributed by atoms with E-state index < -0.39 is 16.9 Å². The van der Waals surface area contributed by atoms with Crippen molar-refractivity contribution < 1.29 is 19.2 Å². The van der Waals surface area contributed by atoms with Gasteiger partial charge in [-0.15, -0.1) is 0 Å². The predicted molar refractivity (Wildman–Crippen MR) is 89.5 cm³/mol. The fraction of sp³-hybridized carbons (Fsp3) is 0.176. The maximum Gasteiger partial charge on any atom is 0.271 e. The standard InChI is InChI=1S/C17H15N3O5/c1-11(25-14-6-3-12(10-18)4-7-14)17(21)19-15-9-13(20(22)23)5-8-16(15)24-2/h3-9,11H,1-2H3,(H,19,21). The normalized spacial score (nSPS) is 11.1. The molecule has 0 aliphatic carbocycles. The van der Waals surface area contributed by atoms with E-state index in [0.717, 1.165) is 0 Å². The fourth-order valence-corrected chi connectivity index (χ4v) is 2.01. The third kappa shape index (κ3) is 4.45. The summed E-state index contributed by atoms with van der Waals surface area (Å²) in [6, 6.07) is 12.2. The van der Waals surface area contributed by atoms with Gasteiger partial charge in [-0.2, -0.15) is 5.26 Å². The molecule has 0 radical (unpaired) electrons. The van der Waals surface area contributed by atoms with Crippen LogP contribution in [0.25, 0.3) is 0 Å². The van der Waals surface area contributed by atoms with Crippen LogP contribution < -0.4 is 14.8 Å². The molecule has 8 nitrogen and oxygen atoms in total. The first-order valence-corrected chi connectivity index (χ1v) is 7.24. The second-order valence-corrected chi connectivity index (χ2v) is 5.03. The number of nitrogens with one attached hydrogen (secondary N) is 1. The number of nitrogens with zero attached hydrogens (tertiary/aromatic N) is 2. The summed E-state index contributed by atoms with van der Waals surface area (Å²) >= 11 is 0. The number of hydrogen-bond acceptors (Lipinski definition) is 6. The first-order valence-electron chi connectivity index (χ1n) is 7.24. The van der Waals surface area contributed by atoms with Gasteiger partial charge in [0.05, 0.1) is 29.4 Å². The van der Waals surface area contributed by atoms with Crippen LogP contribution in [0.15, 0.2) is 42.5 Å². The predicted octanol–water partition coefficient (Wildman–Crippen LogP) is 2.88. The minimum absolute atomic E-state index is 0.170. The number of nitro benzene ring substituents is 1. The van der Waals surface area contributed by atoms with E-state index in [1.165, 1.54) is 32.2 Å². The molecule has 2 aromatic carbocycles. The van der Waals surface area contributed by atoms with E-state index >= 15 is 0 Å². The maximum atomic E-state index is 12.3. The fourth-order valence-electron chi connectivity index (χ4n) is 2.01. The number of rotatable bonds is 6. The lowest BCUT2D eigenvalue weighted by atomic mass is 10.2. The summed E-state index contributed by atoms with van der Waals surface area (Å²) in [6.45, 7) is 1.54. The van der Waals surface area contributed by atoms with Crippen molar-refractivity contribution in [3.8, 4) is 17.6 Å². The molecule has 0 spiro atoms. The van der Waals surface area contributed by atoms with Crippen molar-refractivity contribution in [3.05, 3.63) is 58.1 Å². The number of nitriles is 1. The maximum absolute atomic E-state index is 12.3. The smallest absolute Gasteiger partial charge is 0.271 e. The summed E-state index contributed by atoms with van der Waals surface area (Å²) in [7, 11) is 1.40. The average Bonchev–Trinajstić information content (AvgIpc) is 2.62. The molecule has 8 heteroatoms. The molecule has 2 aromatic rings. The Bertz CT molecular complexity index is 827. The van der Waals surface area contributed by atoms with Crippen molar-refractivity contribution in [2.75, 3.05) is 12.4 Å². The van der Waals surface area contributed by atoms with E-state index in [1.807, 2.05) is 6.07 Å². The first-order chi connectivity index (χ1) is 11.9. The highest BCUT2D eigenvalue weighted by Gasteiger charge is 2.19. The quantitative estimate of drug-likeness (QED) is 0.638. The Morgan fingerprint density at radius 3 is 2.52 bits per heavy atom. The lowest BCUT2D eigenvalue weighted by Gasteiger charge is -2.16. The number of benzene rings is 2. The van der Waals surface area contributed by atoms with E-state index in [-0.39, 0.29) is 11.4 Å². The summed E-state index contributed by atoms with van der Waals surface area (Å²) in [5.74, 6) is 0.223. The Morgan fingerprint density at radius 2 is 1.96 bits per heavy atom. The van der Waals surface area contributed by atoms with Gasteiger partial charge in [-0.1, -0.05) is 0 Å². The number of carbonyl (C=O) groups is 1. The number of nitro groups is 1. The lowest BCUT2D eigenvalue weighted by Crippen LogP contribution is -2.30. The molecule has 0 saturated heterocycles. The summed E-state index contributed by atoms with van der Waals surface area (Å²) in [5.41, 5.74) is 0.486. The summed E-state index contributed by atoms with van der Waals surface area (Å²) < 4.78 is 10.6. The van der Waals surface area contributed by atoms with Gasteiger partial charge in [0.25, 0.3) is 11.6 Å². The Morgan fingerprint density at radius 1 is 1.28 bits per heavy atom. The molecular formula is C17H15N3O5. The zero-order valence-electron chi connectivity index (χ0n) is 13.6. The number of ether oxygens (including phenoxy) is 2. The van der Waals surface area contributed by atoms with E-state index in [4.69, 9.17) is 14.7 Å². The van der Waals surface area contributed by atoms with Crippen molar-refractivity contribution in [1.82, 2.24) is 0 Å². The highest BCUT2D eigenvalue weighted by atomic mass is 16.6. The zero-order chi connectivity index (χ0) is 18.4. The molecule has 1 unspecified atom stereocenters. The molecule has 1 amide bonds. The third-order valence-corrected chi connectivity index (χ3v) is 3.32. The Labute approximate surface area is 143 Å². The molecule has 0 bridgehead atoms. The van der Waals surface area contributed by atoms with Crippen LogP contribution in [0.4, 0.5) is 11.4 Å². The van der Waals surface area contributed by atoms with Crippen LogP contribution in [0, 0.1) is 21.4 Å². The number of methoxy groups -OCH3 is 1. The molecule has 0 heterocycles.